The number of aryl methyl sites for hydroxylation is 1. The van der Waals surface area contributed by atoms with Crippen molar-refractivity contribution in [3.63, 3.8) is 0 Å². The Hall–Kier alpha value is -0.440. The molecule has 1 heterocycles. The predicted molar refractivity (Wildman–Crippen MR) is 46.6 cm³/mol. The lowest BCUT2D eigenvalue weighted by Crippen LogP contribution is -2.08. The van der Waals surface area contributed by atoms with E-state index in [-0.39, 0.29) is 0 Å². The molecule has 1 atom stereocenters. The Bertz CT molecular complexity index is 262. The highest BCUT2D eigenvalue weighted by Crippen LogP contribution is 2.32. The van der Waals surface area contributed by atoms with Gasteiger partial charge in [0.05, 0.1) is 16.2 Å². The lowest BCUT2D eigenvalue weighted by molar-refractivity contribution is 0.644. The van der Waals surface area contributed by atoms with Crippen LogP contribution in [0.2, 0.25) is 0 Å². The minimum atomic E-state index is 0.431. The van der Waals surface area contributed by atoms with Gasteiger partial charge in [0.15, 0.2) is 0 Å². The summed E-state index contributed by atoms with van der Waals surface area (Å²) in [6, 6.07) is 0. The molecule has 0 bridgehead atoms. The monoisotopic (exact) mass is 212 g/mol. The van der Waals surface area contributed by atoms with Gasteiger partial charge < -0.3 is 0 Å². The van der Waals surface area contributed by atoms with Gasteiger partial charge in [-0.05, 0) is 19.3 Å². The van der Waals surface area contributed by atoms with E-state index in [0.717, 1.165) is 12.1 Å². The van der Waals surface area contributed by atoms with E-state index in [2.05, 4.69) is 25.9 Å². The third-order valence-electron chi connectivity index (χ3n) is 1.97. The molecule has 1 aromatic rings. The van der Waals surface area contributed by atoms with Crippen LogP contribution in [0.1, 0.15) is 29.1 Å². The molecule has 1 aliphatic rings. The molecule has 0 radical (unpaired) electrons. The average molecular weight is 213 g/mol. The second-order valence-corrected chi connectivity index (χ2v) is 3.85. The van der Waals surface area contributed by atoms with Gasteiger partial charge in [0.1, 0.15) is 0 Å². The molecule has 1 aliphatic carbocycles. The number of nitrogens with zero attached hydrogens (tertiary/aromatic N) is 2. The van der Waals surface area contributed by atoms with Gasteiger partial charge in [-0.25, -0.2) is 0 Å². The first-order valence-electron chi connectivity index (χ1n) is 3.82. The standard InChI is InChI=1S/C8H9BrN2/c9-6-2-1-3-7-8(6)11-5-4-10-7/h4-6H,1-3H2/t6-/m1/s1. The molecule has 0 aromatic carbocycles. The molecule has 0 saturated heterocycles. The molecule has 2 rings (SSSR count). The summed E-state index contributed by atoms with van der Waals surface area (Å²) >= 11 is 3.58. The van der Waals surface area contributed by atoms with Crippen LogP contribution in [-0.2, 0) is 6.42 Å². The van der Waals surface area contributed by atoms with E-state index >= 15 is 0 Å². The van der Waals surface area contributed by atoms with Crippen molar-refractivity contribution in [3.8, 4) is 0 Å². The van der Waals surface area contributed by atoms with E-state index in [4.69, 9.17) is 0 Å². The van der Waals surface area contributed by atoms with Crippen molar-refractivity contribution in [3.05, 3.63) is 23.8 Å². The molecule has 0 N–H and O–H groups in total. The first-order chi connectivity index (χ1) is 5.38. The predicted octanol–water partition coefficient (Wildman–Crippen LogP) is 2.25. The summed E-state index contributed by atoms with van der Waals surface area (Å²) in [5, 5.41) is 0. The van der Waals surface area contributed by atoms with Crippen molar-refractivity contribution in [2.24, 2.45) is 0 Å². The highest BCUT2D eigenvalue weighted by atomic mass is 79.9. The molecular formula is C8H9BrN2. The first-order valence-corrected chi connectivity index (χ1v) is 4.73. The summed E-state index contributed by atoms with van der Waals surface area (Å²) in [5.41, 5.74) is 2.30. The Morgan fingerprint density at radius 1 is 1.36 bits per heavy atom. The molecular weight excluding hydrogens is 204 g/mol. The molecule has 58 valence electrons. The number of fused-ring (bicyclic) bond motifs is 1. The van der Waals surface area contributed by atoms with Crippen molar-refractivity contribution in [1.29, 1.82) is 0 Å². The summed E-state index contributed by atoms with van der Waals surface area (Å²) in [7, 11) is 0. The maximum absolute atomic E-state index is 4.29. The molecule has 0 unspecified atom stereocenters. The second-order valence-electron chi connectivity index (χ2n) is 2.75. The number of hydrogen-bond acceptors (Lipinski definition) is 2. The smallest absolute Gasteiger partial charge is 0.0755 e. The van der Waals surface area contributed by atoms with Crippen LogP contribution >= 0.6 is 15.9 Å². The summed E-state index contributed by atoms with van der Waals surface area (Å²) in [6.07, 6.45) is 7.03. The topological polar surface area (TPSA) is 25.8 Å². The van der Waals surface area contributed by atoms with E-state index in [9.17, 15) is 0 Å². The summed E-state index contributed by atoms with van der Waals surface area (Å²) < 4.78 is 0. The minimum absolute atomic E-state index is 0.431. The van der Waals surface area contributed by atoms with Crippen LogP contribution in [0.4, 0.5) is 0 Å². The zero-order valence-electron chi connectivity index (χ0n) is 6.13. The average Bonchev–Trinajstić information content (AvgIpc) is 2.06. The zero-order valence-corrected chi connectivity index (χ0v) is 7.71. The van der Waals surface area contributed by atoms with Crippen molar-refractivity contribution in [2.45, 2.75) is 24.1 Å². The molecule has 11 heavy (non-hydrogen) atoms. The highest BCUT2D eigenvalue weighted by Gasteiger charge is 2.18. The van der Waals surface area contributed by atoms with Crippen molar-refractivity contribution in [2.75, 3.05) is 0 Å². The Balaban J connectivity index is 2.44. The fourth-order valence-electron chi connectivity index (χ4n) is 1.42. The zero-order chi connectivity index (χ0) is 7.68. The first kappa shape index (κ1) is 7.22. The van der Waals surface area contributed by atoms with E-state index in [1.54, 1.807) is 12.4 Å². The Morgan fingerprint density at radius 2 is 2.18 bits per heavy atom. The largest absolute Gasteiger partial charge is 0.258 e. The highest BCUT2D eigenvalue weighted by molar-refractivity contribution is 9.09. The van der Waals surface area contributed by atoms with Gasteiger partial charge in [0, 0.05) is 12.4 Å². The van der Waals surface area contributed by atoms with Gasteiger partial charge in [0.2, 0.25) is 0 Å². The molecule has 2 nitrogen and oxygen atoms in total. The number of aromatic nitrogens is 2. The Kier molecular flexibility index (Phi) is 1.90. The Labute approximate surface area is 74.2 Å². The maximum atomic E-state index is 4.29. The molecule has 0 aliphatic heterocycles. The van der Waals surface area contributed by atoms with E-state index in [0.29, 0.717) is 4.83 Å². The number of halogens is 1. The number of alkyl halides is 1. The molecule has 0 amide bonds. The summed E-state index contributed by atoms with van der Waals surface area (Å²) in [5.74, 6) is 0. The molecule has 3 heteroatoms. The van der Waals surface area contributed by atoms with Gasteiger partial charge in [-0.1, -0.05) is 15.9 Å². The number of hydrogen-bond donors (Lipinski definition) is 0. The molecule has 1 aromatic heterocycles. The van der Waals surface area contributed by atoms with Crippen molar-refractivity contribution < 1.29 is 0 Å². The van der Waals surface area contributed by atoms with Crippen LogP contribution in [0.3, 0.4) is 0 Å². The van der Waals surface area contributed by atoms with Crippen LogP contribution in [-0.4, -0.2) is 9.97 Å². The molecule has 0 spiro atoms. The van der Waals surface area contributed by atoms with E-state index in [1.165, 1.54) is 18.5 Å². The third kappa shape index (κ3) is 1.29. The quantitative estimate of drug-likeness (QED) is 0.617. The van der Waals surface area contributed by atoms with Crippen LogP contribution in [0.5, 0.6) is 0 Å². The third-order valence-corrected chi connectivity index (χ3v) is 2.87. The lowest BCUT2D eigenvalue weighted by Gasteiger charge is -2.17. The fraction of sp³-hybridized carbons (Fsp3) is 0.500. The SMILES string of the molecule is Br[C@@H]1CCCc2nccnc21. The minimum Gasteiger partial charge on any atom is -0.258 e. The van der Waals surface area contributed by atoms with Crippen LogP contribution in [0, 0.1) is 0 Å². The second kappa shape index (κ2) is 2.89. The summed E-state index contributed by atoms with van der Waals surface area (Å²) in [4.78, 5) is 9.00. The van der Waals surface area contributed by atoms with Crippen LogP contribution < -0.4 is 0 Å². The van der Waals surface area contributed by atoms with Crippen LogP contribution in [0.25, 0.3) is 0 Å². The van der Waals surface area contributed by atoms with E-state index < -0.39 is 0 Å². The summed E-state index contributed by atoms with van der Waals surface area (Å²) in [6.45, 7) is 0. The lowest BCUT2D eigenvalue weighted by atomic mass is 10.0. The normalized spacial score (nSPS) is 22.8. The molecule has 0 saturated carbocycles. The van der Waals surface area contributed by atoms with Gasteiger partial charge in [-0.15, -0.1) is 0 Å². The fourth-order valence-corrected chi connectivity index (χ4v) is 2.12. The Morgan fingerprint density at radius 3 is 3.00 bits per heavy atom. The van der Waals surface area contributed by atoms with E-state index in [1.807, 2.05) is 0 Å². The van der Waals surface area contributed by atoms with Crippen LogP contribution in [0.15, 0.2) is 12.4 Å². The van der Waals surface area contributed by atoms with Gasteiger partial charge in [0.25, 0.3) is 0 Å². The van der Waals surface area contributed by atoms with Crippen molar-refractivity contribution in [1.82, 2.24) is 9.97 Å². The molecule has 0 fully saturated rings. The van der Waals surface area contributed by atoms with Gasteiger partial charge in [-0.3, -0.25) is 9.97 Å². The van der Waals surface area contributed by atoms with Crippen molar-refractivity contribution >= 4 is 15.9 Å². The van der Waals surface area contributed by atoms with Gasteiger partial charge in [-0.2, -0.15) is 0 Å². The van der Waals surface area contributed by atoms with Gasteiger partial charge >= 0.3 is 0 Å². The number of rotatable bonds is 0. The maximum Gasteiger partial charge on any atom is 0.0755 e.